The number of carbonyl (C=O) groups is 2. The van der Waals surface area contributed by atoms with Crippen molar-refractivity contribution >= 4 is 56.4 Å². The van der Waals surface area contributed by atoms with Gasteiger partial charge in [-0.15, -0.1) is 0 Å². The lowest BCUT2D eigenvalue weighted by Gasteiger charge is -2.47. The lowest BCUT2D eigenvalue weighted by atomic mass is 9.61. The third kappa shape index (κ3) is 5.53. The van der Waals surface area contributed by atoms with Crippen LogP contribution in [0.1, 0.15) is 50.1 Å². The third-order valence-electron chi connectivity index (χ3n) is 10.2. The van der Waals surface area contributed by atoms with Crippen molar-refractivity contribution in [1.29, 1.82) is 0 Å². The van der Waals surface area contributed by atoms with E-state index in [9.17, 15) is 9.59 Å². The minimum atomic E-state index is -0.578. The second-order valence-electron chi connectivity index (χ2n) is 12.9. The summed E-state index contributed by atoms with van der Waals surface area (Å²) < 4.78 is 33.6. The number of nitrogens with zero attached hydrogens (tertiary/aromatic N) is 5. The summed E-state index contributed by atoms with van der Waals surface area (Å²) in [6.45, 7) is 1.24. The Balaban J connectivity index is 1.02. The van der Waals surface area contributed by atoms with Crippen molar-refractivity contribution in [2.24, 2.45) is 17.8 Å². The van der Waals surface area contributed by atoms with Crippen LogP contribution in [0.4, 0.5) is 4.39 Å². The topological polar surface area (TPSA) is 134 Å². The summed E-state index contributed by atoms with van der Waals surface area (Å²) in [6.07, 6.45) is 7.87. The number of methoxy groups -OCH3 is 1. The van der Waals surface area contributed by atoms with Gasteiger partial charge in [0.1, 0.15) is 17.1 Å². The molecule has 4 aromatic heterocycles. The molecule has 3 aliphatic carbocycles. The maximum absolute atomic E-state index is 15.4. The number of hydrogen-bond donors (Lipinski definition) is 1. The van der Waals surface area contributed by atoms with Crippen LogP contribution in [0.2, 0.25) is 5.02 Å². The van der Waals surface area contributed by atoms with Crippen molar-refractivity contribution in [3.8, 4) is 17.3 Å². The molecule has 13 heteroatoms. The number of aromatic nitrogens is 6. The number of carbonyl (C=O) groups excluding carboxylic acids is 2. The Morgan fingerprint density at radius 3 is 2.59 bits per heavy atom. The van der Waals surface area contributed by atoms with Crippen LogP contribution in [0, 0.1) is 23.6 Å². The highest BCUT2D eigenvalue weighted by Crippen LogP contribution is 2.52. The number of esters is 2. The van der Waals surface area contributed by atoms with Crippen molar-refractivity contribution in [2.45, 2.75) is 44.6 Å². The van der Waals surface area contributed by atoms with Crippen LogP contribution >= 0.6 is 11.6 Å². The normalized spacial score (nSPS) is 20.9. The van der Waals surface area contributed by atoms with E-state index in [1.807, 2.05) is 36.4 Å². The molecule has 0 radical (unpaired) electrons. The largest absolute Gasteiger partial charge is 0.497 e. The lowest BCUT2D eigenvalue weighted by Crippen LogP contribution is -2.45. The standard InChI is InChI=1S/C36H32ClFN6O5/c1-18(21-7-8-23-12-25(47-2)10-9-22(23)11-21)35(45)48-17-49-36(46)29-19-3-5-20(6-4-19)31(29)44-16-28(38)27-15-40-33(41-34(27)44)30-26-13-24(37)14-39-32(26)43-42-30/h7-16,18-20,29,31H,3-6,17H2,1-2H3,(H,39,42,43)/t18?,19?,20?,29-,31-/m0/s1. The lowest BCUT2D eigenvalue weighted by molar-refractivity contribution is -0.176. The predicted molar refractivity (Wildman–Crippen MR) is 179 cm³/mol. The summed E-state index contributed by atoms with van der Waals surface area (Å²) in [7, 11) is 1.62. The van der Waals surface area contributed by atoms with Gasteiger partial charge in [-0.3, -0.25) is 14.7 Å². The van der Waals surface area contributed by atoms with Crippen LogP contribution in [-0.2, 0) is 19.1 Å². The van der Waals surface area contributed by atoms with Gasteiger partial charge in [-0.25, -0.2) is 19.3 Å². The molecule has 4 heterocycles. The Morgan fingerprint density at radius 2 is 1.78 bits per heavy atom. The molecule has 0 saturated heterocycles. The average molecular weight is 683 g/mol. The van der Waals surface area contributed by atoms with Crippen LogP contribution in [0.5, 0.6) is 5.75 Å². The molecule has 1 unspecified atom stereocenters. The maximum Gasteiger partial charge on any atom is 0.316 e. The number of ether oxygens (including phenoxy) is 3. The quantitative estimate of drug-likeness (QED) is 0.131. The van der Waals surface area contributed by atoms with Crippen molar-refractivity contribution in [3.63, 3.8) is 0 Å². The minimum absolute atomic E-state index is 0.0416. The number of aromatic amines is 1. The molecule has 3 saturated carbocycles. The Labute approximate surface area is 284 Å². The highest BCUT2D eigenvalue weighted by Gasteiger charge is 2.49. The van der Waals surface area contributed by atoms with Gasteiger partial charge < -0.3 is 18.8 Å². The second kappa shape index (κ2) is 12.4. The van der Waals surface area contributed by atoms with Crippen LogP contribution in [0.3, 0.4) is 0 Å². The highest BCUT2D eigenvalue weighted by molar-refractivity contribution is 6.31. The number of hydrogen-bond acceptors (Lipinski definition) is 9. The van der Waals surface area contributed by atoms with Gasteiger partial charge in [-0.05, 0) is 79.0 Å². The smallest absolute Gasteiger partial charge is 0.316 e. The van der Waals surface area contributed by atoms with Gasteiger partial charge in [0.15, 0.2) is 17.3 Å². The first-order valence-corrected chi connectivity index (χ1v) is 16.6. The fourth-order valence-corrected chi connectivity index (χ4v) is 7.83. The van der Waals surface area contributed by atoms with E-state index in [0.29, 0.717) is 33.2 Å². The molecule has 0 aliphatic heterocycles. The van der Waals surface area contributed by atoms with Crippen LogP contribution in [-0.4, -0.2) is 55.6 Å². The van der Waals surface area contributed by atoms with Gasteiger partial charge in [0, 0.05) is 18.6 Å². The zero-order valence-corrected chi connectivity index (χ0v) is 27.5. The zero-order chi connectivity index (χ0) is 33.8. The van der Waals surface area contributed by atoms with Crippen LogP contribution < -0.4 is 4.74 Å². The molecule has 1 N–H and O–H groups in total. The Kier molecular flexibility index (Phi) is 7.90. The molecule has 2 aromatic carbocycles. The first-order valence-electron chi connectivity index (χ1n) is 16.2. The highest BCUT2D eigenvalue weighted by atomic mass is 35.5. The van der Waals surface area contributed by atoms with E-state index >= 15 is 4.39 Å². The summed E-state index contributed by atoms with van der Waals surface area (Å²) >= 11 is 6.19. The second-order valence-corrected chi connectivity index (χ2v) is 13.3. The van der Waals surface area contributed by atoms with Gasteiger partial charge in [0.25, 0.3) is 0 Å². The number of pyridine rings is 1. The van der Waals surface area contributed by atoms with E-state index in [2.05, 4.69) is 20.2 Å². The molecule has 9 rings (SSSR count). The van der Waals surface area contributed by atoms with Gasteiger partial charge in [-0.1, -0.05) is 35.9 Å². The molecule has 2 bridgehead atoms. The van der Waals surface area contributed by atoms with E-state index in [4.69, 9.17) is 30.8 Å². The fourth-order valence-electron chi connectivity index (χ4n) is 7.67. The number of H-pyrrole nitrogens is 1. The summed E-state index contributed by atoms with van der Waals surface area (Å²) in [5.41, 5.74) is 2.10. The summed E-state index contributed by atoms with van der Waals surface area (Å²) in [6, 6.07) is 12.8. The van der Waals surface area contributed by atoms with Crippen LogP contribution in [0.15, 0.2) is 61.1 Å². The molecular formula is C36H32ClFN6O5. The van der Waals surface area contributed by atoms with Gasteiger partial charge in [0.2, 0.25) is 6.79 Å². The number of fused-ring (bicyclic) bond motifs is 6. The first-order chi connectivity index (χ1) is 23.8. The molecule has 49 heavy (non-hydrogen) atoms. The van der Waals surface area contributed by atoms with Gasteiger partial charge in [-0.2, -0.15) is 5.10 Å². The van der Waals surface area contributed by atoms with Crippen molar-refractivity contribution in [3.05, 3.63) is 77.5 Å². The van der Waals surface area contributed by atoms with E-state index in [-0.39, 0.29) is 17.2 Å². The van der Waals surface area contributed by atoms with E-state index < -0.39 is 42.4 Å². The van der Waals surface area contributed by atoms with Crippen molar-refractivity contribution in [2.75, 3.05) is 13.9 Å². The first kappa shape index (κ1) is 31.2. The van der Waals surface area contributed by atoms with Gasteiger partial charge in [0.05, 0.1) is 40.8 Å². The molecule has 3 fully saturated rings. The number of benzene rings is 2. The Bertz CT molecular complexity index is 2250. The van der Waals surface area contributed by atoms with E-state index in [1.165, 1.54) is 18.6 Å². The minimum Gasteiger partial charge on any atom is -0.497 e. The molecule has 250 valence electrons. The average Bonchev–Trinajstić information content (AvgIpc) is 3.70. The molecule has 6 aromatic rings. The summed E-state index contributed by atoms with van der Waals surface area (Å²) in [5, 5.41) is 10.4. The number of nitrogens with one attached hydrogen (secondary N) is 1. The van der Waals surface area contributed by atoms with Crippen molar-refractivity contribution < 1.29 is 28.2 Å². The molecule has 3 aliphatic rings. The van der Waals surface area contributed by atoms with Crippen molar-refractivity contribution in [1.82, 2.24) is 29.7 Å². The Morgan fingerprint density at radius 1 is 1.00 bits per heavy atom. The van der Waals surface area contributed by atoms with E-state index in [1.54, 1.807) is 24.7 Å². The predicted octanol–water partition coefficient (Wildman–Crippen LogP) is 7.15. The fraction of sp³-hybridized carbons (Fsp3) is 0.333. The van der Waals surface area contributed by atoms with Gasteiger partial charge >= 0.3 is 11.9 Å². The molecule has 11 nitrogen and oxygen atoms in total. The number of rotatable bonds is 8. The molecule has 0 amide bonds. The molecular weight excluding hydrogens is 651 g/mol. The van der Waals surface area contributed by atoms with Crippen LogP contribution in [0.25, 0.3) is 44.4 Å². The molecule has 0 spiro atoms. The summed E-state index contributed by atoms with van der Waals surface area (Å²) in [5.74, 6) is -1.40. The monoisotopic (exact) mass is 682 g/mol. The third-order valence-corrected chi connectivity index (χ3v) is 10.4. The SMILES string of the molecule is COc1ccc2cc(C(C)C(=O)OCOC(=O)[C@H]3C4CCC(CC4)[C@@H]3n3cc(F)c4cnc(-c5[nH]nc6ncc(Cl)cc56)nc43)ccc2c1. The Hall–Kier alpha value is -5.10. The maximum atomic E-state index is 15.4. The number of halogens is 2. The molecule has 3 atom stereocenters. The summed E-state index contributed by atoms with van der Waals surface area (Å²) in [4.78, 5) is 40.2. The van der Waals surface area contributed by atoms with E-state index in [0.717, 1.165) is 47.8 Å². The zero-order valence-electron chi connectivity index (χ0n) is 26.7.